The van der Waals surface area contributed by atoms with Crippen molar-refractivity contribution < 1.29 is 19.8 Å². The molecule has 0 radical (unpaired) electrons. The Hall–Kier alpha value is -1.14. The van der Waals surface area contributed by atoms with Crippen LogP contribution in [0.15, 0.2) is 0 Å². The van der Waals surface area contributed by atoms with Crippen molar-refractivity contribution in [1.82, 2.24) is 10.2 Å². The van der Waals surface area contributed by atoms with Gasteiger partial charge in [-0.3, -0.25) is 9.69 Å². The number of aliphatic hydroxyl groups is 1. The molecular formula is C13H22N2O4. The maximum atomic E-state index is 12.5. The van der Waals surface area contributed by atoms with Crippen LogP contribution in [0.1, 0.15) is 38.5 Å². The number of nitrogens with one attached hydrogen (secondary N) is 1. The lowest BCUT2D eigenvalue weighted by Crippen LogP contribution is -2.59. The van der Waals surface area contributed by atoms with Crippen molar-refractivity contribution in [2.75, 3.05) is 19.7 Å². The molecule has 0 bridgehead atoms. The SMILES string of the molecule is O=C(O)C(CO)NC(=O)C1(N2CCCC2)CCCC1. The van der Waals surface area contributed by atoms with Gasteiger partial charge in [-0.2, -0.15) is 0 Å². The number of amides is 1. The molecular weight excluding hydrogens is 248 g/mol. The van der Waals surface area contributed by atoms with Crippen molar-refractivity contribution in [1.29, 1.82) is 0 Å². The van der Waals surface area contributed by atoms with Gasteiger partial charge in [-0.1, -0.05) is 12.8 Å². The van der Waals surface area contributed by atoms with Crippen molar-refractivity contribution in [2.45, 2.75) is 50.1 Å². The molecule has 1 unspecified atom stereocenters. The normalized spacial score (nSPS) is 24.3. The van der Waals surface area contributed by atoms with E-state index in [1.165, 1.54) is 0 Å². The van der Waals surface area contributed by atoms with Crippen LogP contribution in [0.4, 0.5) is 0 Å². The number of aliphatic carboxylic acids is 1. The summed E-state index contributed by atoms with van der Waals surface area (Å²) < 4.78 is 0. The van der Waals surface area contributed by atoms with Crippen molar-refractivity contribution >= 4 is 11.9 Å². The first kappa shape index (κ1) is 14.3. The summed E-state index contributed by atoms with van der Waals surface area (Å²) in [7, 11) is 0. The molecule has 1 aliphatic heterocycles. The molecule has 1 atom stereocenters. The molecule has 1 saturated carbocycles. The zero-order valence-electron chi connectivity index (χ0n) is 11.1. The van der Waals surface area contributed by atoms with E-state index in [-0.39, 0.29) is 5.91 Å². The number of carboxylic acid groups (broad SMARTS) is 1. The van der Waals surface area contributed by atoms with Gasteiger partial charge < -0.3 is 15.5 Å². The van der Waals surface area contributed by atoms with E-state index in [1.807, 2.05) is 0 Å². The minimum atomic E-state index is -1.20. The Morgan fingerprint density at radius 2 is 1.74 bits per heavy atom. The molecule has 1 saturated heterocycles. The number of rotatable bonds is 5. The second-order valence-electron chi connectivity index (χ2n) is 5.48. The molecule has 0 aromatic carbocycles. The molecule has 2 fully saturated rings. The average molecular weight is 270 g/mol. The first-order valence-electron chi connectivity index (χ1n) is 7.00. The van der Waals surface area contributed by atoms with Crippen molar-refractivity contribution in [3.8, 4) is 0 Å². The zero-order valence-corrected chi connectivity index (χ0v) is 11.1. The highest BCUT2D eigenvalue weighted by atomic mass is 16.4. The smallest absolute Gasteiger partial charge is 0.328 e. The van der Waals surface area contributed by atoms with Gasteiger partial charge in [0.15, 0.2) is 0 Å². The number of carbonyl (C=O) groups excluding carboxylic acids is 1. The number of hydrogen-bond acceptors (Lipinski definition) is 4. The average Bonchev–Trinajstić information content (AvgIpc) is 3.04. The van der Waals surface area contributed by atoms with Crippen LogP contribution in [0, 0.1) is 0 Å². The van der Waals surface area contributed by atoms with Crippen LogP contribution in [0.5, 0.6) is 0 Å². The fourth-order valence-corrected chi connectivity index (χ4v) is 3.27. The van der Waals surface area contributed by atoms with E-state index >= 15 is 0 Å². The summed E-state index contributed by atoms with van der Waals surface area (Å²) in [5, 5.41) is 20.4. The van der Waals surface area contributed by atoms with Crippen molar-refractivity contribution in [2.24, 2.45) is 0 Å². The summed E-state index contributed by atoms with van der Waals surface area (Å²) in [6.07, 6.45) is 5.77. The van der Waals surface area contributed by atoms with Crippen molar-refractivity contribution in [3.63, 3.8) is 0 Å². The zero-order chi connectivity index (χ0) is 13.9. The quantitative estimate of drug-likeness (QED) is 0.652. The molecule has 0 spiro atoms. The summed E-state index contributed by atoms with van der Waals surface area (Å²) >= 11 is 0. The third-order valence-electron chi connectivity index (χ3n) is 4.35. The van der Waals surface area contributed by atoms with Gasteiger partial charge >= 0.3 is 5.97 Å². The standard InChI is InChI=1S/C13H22N2O4/c16-9-10(11(17)18)14-12(19)13(5-1-2-6-13)15-7-3-4-8-15/h10,16H,1-9H2,(H,14,19)(H,17,18). The predicted molar refractivity (Wildman–Crippen MR) is 68.7 cm³/mol. The maximum Gasteiger partial charge on any atom is 0.328 e. The molecule has 1 heterocycles. The van der Waals surface area contributed by atoms with Gasteiger partial charge in [0.2, 0.25) is 5.91 Å². The van der Waals surface area contributed by atoms with Gasteiger partial charge in [0.1, 0.15) is 11.6 Å². The van der Waals surface area contributed by atoms with E-state index in [9.17, 15) is 9.59 Å². The Labute approximate surface area is 112 Å². The lowest BCUT2D eigenvalue weighted by molar-refractivity contribution is -0.145. The number of hydrogen-bond donors (Lipinski definition) is 3. The highest BCUT2D eigenvalue weighted by Crippen LogP contribution is 2.37. The predicted octanol–water partition coefficient (Wildman–Crippen LogP) is -0.0433. The molecule has 2 rings (SSSR count). The first-order valence-corrected chi connectivity index (χ1v) is 7.00. The molecule has 0 aromatic heterocycles. The van der Waals surface area contributed by atoms with Gasteiger partial charge in [0, 0.05) is 0 Å². The topological polar surface area (TPSA) is 89.9 Å². The van der Waals surface area contributed by atoms with E-state index in [0.29, 0.717) is 0 Å². The fraction of sp³-hybridized carbons (Fsp3) is 0.846. The molecule has 2 aliphatic rings. The third-order valence-corrected chi connectivity index (χ3v) is 4.35. The second kappa shape index (κ2) is 5.88. The molecule has 108 valence electrons. The van der Waals surface area contributed by atoms with Gasteiger partial charge in [-0.05, 0) is 38.8 Å². The highest BCUT2D eigenvalue weighted by molar-refractivity contribution is 5.90. The Kier molecular flexibility index (Phi) is 4.42. The number of likely N-dealkylation sites (tertiary alicyclic amines) is 1. The number of aliphatic hydroxyl groups excluding tert-OH is 1. The Balaban J connectivity index is 2.10. The van der Waals surface area contributed by atoms with Crippen LogP contribution >= 0.6 is 0 Å². The third kappa shape index (κ3) is 2.74. The molecule has 3 N–H and O–H groups in total. The van der Waals surface area contributed by atoms with Crippen LogP contribution in [-0.2, 0) is 9.59 Å². The van der Waals surface area contributed by atoms with Gasteiger partial charge in [-0.15, -0.1) is 0 Å². The van der Waals surface area contributed by atoms with Gasteiger partial charge in [0.05, 0.1) is 6.61 Å². The second-order valence-corrected chi connectivity index (χ2v) is 5.48. The van der Waals surface area contributed by atoms with Crippen LogP contribution in [0.3, 0.4) is 0 Å². The van der Waals surface area contributed by atoms with Crippen LogP contribution in [0.2, 0.25) is 0 Å². The summed E-state index contributed by atoms with van der Waals surface area (Å²) in [4.78, 5) is 25.6. The molecule has 1 amide bonds. The van der Waals surface area contributed by atoms with Gasteiger partial charge in [-0.25, -0.2) is 4.79 Å². The summed E-state index contributed by atoms with van der Waals surface area (Å²) in [5.74, 6) is -1.42. The summed E-state index contributed by atoms with van der Waals surface area (Å²) in [6, 6.07) is -1.20. The highest BCUT2D eigenvalue weighted by Gasteiger charge is 2.47. The van der Waals surface area contributed by atoms with Crippen LogP contribution in [-0.4, -0.2) is 58.3 Å². The largest absolute Gasteiger partial charge is 0.480 e. The lowest BCUT2D eigenvalue weighted by Gasteiger charge is -2.37. The van der Waals surface area contributed by atoms with Gasteiger partial charge in [0.25, 0.3) is 0 Å². The number of nitrogens with zero attached hydrogens (tertiary/aromatic N) is 1. The summed E-state index contributed by atoms with van der Waals surface area (Å²) in [5.41, 5.74) is -0.542. The Morgan fingerprint density at radius 3 is 2.21 bits per heavy atom. The fourth-order valence-electron chi connectivity index (χ4n) is 3.27. The maximum absolute atomic E-state index is 12.5. The number of carboxylic acids is 1. The minimum absolute atomic E-state index is 0.228. The molecule has 19 heavy (non-hydrogen) atoms. The Morgan fingerprint density at radius 1 is 1.16 bits per heavy atom. The minimum Gasteiger partial charge on any atom is -0.480 e. The van der Waals surface area contributed by atoms with E-state index in [1.54, 1.807) is 0 Å². The molecule has 6 heteroatoms. The van der Waals surface area contributed by atoms with Crippen molar-refractivity contribution in [3.05, 3.63) is 0 Å². The molecule has 1 aliphatic carbocycles. The van der Waals surface area contributed by atoms with E-state index in [4.69, 9.17) is 10.2 Å². The monoisotopic (exact) mass is 270 g/mol. The Bertz CT molecular complexity index is 347. The van der Waals surface area contributed by atoms with E-state index in [0.717, 1.165) is 51.6 Å². The van der Waals surface area contributed by atoms with Crippen LogP contribution in [0.25, 0.3) is 0 Å². The summed E-state index contributed by atoms with van der Waals surface area (Å²) in [6.45, 7) is 1.24. The molecule has 0 aromatic rings. The van der Waals surface area contributed by atoms with E-state index in [2.05, 4.69) is 10.2 Å². The van der Waals surface area contributed by atoms with Crippen LogP contribution < -0.4 is 5.32 Å². The molecule has 6 nitrogen and oxygen atoms in total. The lowest BCUT2D eigenvalue weighted by atomic mass is 9.93. The first-order chi connectivity index (χ1) is 9.10. The number of carbonyl (C=O) groups is 2. The van der Waals surface area contributed by atoms with E-state index < -0.39 is 24.2 Å².